The molecule has 18 heavy (non-hydrogen) atoms. The summed E-state index contributed by atoms with van der Waals surface area (Å²) in [4.78, 5) is 0. The van der Waals surface area contributed by atoms with Gasteiger partial charge in [0.05, 0.1) is 13.7 Å². The molecule has 3 rings (SSSR count). The van der Waals surface area contributed by atoms with E-state index in [1.54, 1.807) is 7.11 Å². The van der Waals surface area contributed by atoms with Crippen LogP contribution in [0.1, 0.15) is 31.2 Å². The van der Waals surface area contributed by atoms with Crippen LogP contribution in [0.5, 0.6) is 11.5 Å². The van der Waals surface area contributed by atoms with E-state index >= 15 is 0 Å². The lowest BCUT2D eigenvalue weighted by Crippen LogP contribution is -2.19. The van der Waals surface area contributed by atoms with Gasteiger partial charge in [0.15, 0.2) is 11.5 Å². The van der Waals surface area contributed by atoms with Gasteiger partial charge in [-0.1, -0.05) is 6.07 Å². The molecule has 2 saturated carbocycles. The largest absolute Gasteiger partial charge is 0.493 e. The van der Waals surface area contributed by atoms with Crippen molar-refractivity contribution in [2.45, 2.75) is 31.1 Å². The molecular weight excluding hydrogens is 226 g/mol. The van der Waals surface area contributed by atoms with Crippen molar-refractivity contribution in [3.8, 4) is 11.5 Å². The van der Waals surface area contributed by atoms with E-state index in [1.165, 1.54) is 31.2 Å². The Hall–Kier alpha value is -1.22. The number of rotatable bonds is 6. The molecule has 1 aromatic rings. The molecule has 3 nitrogen and oxygen atoms in total. The lowest BCUT2D eigenvalue weighted by Gasteiger charge is -2.16. The van der Waals surface area contributed by atoms with Crippen molar-refractivity contribution in [2.75, 3.05) is 20.3 Å². The Morgan fingerprint density at radius 3 is 2.61 bits per heavy atom. The zero-order chi connectivity index (χ0) is 12.6. The lowest BCUT2D eigenvalue weighted by molar-refractivity contribution is 0.280. The Morgan fingerprint density at radius 2 is 2.06 bits per heavy atom. The highest BCUT2D eigenvalue weighted by atomic mass is 16.5. The predicted octanol–water partition coefficient (Wildman–Crippen LogP) is 2.47. The molecular formula is C15H21NO2. The third-order valence-electron chi connectivity index (χ3n) is 4.19. The van der Waals surface area contributed by atoms with Gasteiger partial charge in [-0.05, 0) is 49.3 Å². The maximum atomic E-state index is 5.86. The molecule has 2 fully saturated rings. The minimum absolute atomic E-state index is 0.211. The van der Waals surface area contributed by atoms with E-state index in [2.05, 4.69) is 12.1 Å². The highest BCUT2D eigenvalue weighted by Crippen LogP contribution is 2.49. The van der Waals surface area contributed by atoms with Gasteiger partial charge in [0.2, 0.25) is 0 Å². The second-order valence-electron chi connectivity index (χ2n) is 5.60. The van der Waals surface area contributed by atoms with Gasteiger partial charge in [0.1, 0.15) is 0 Å². The summed E-state index contributed by atoms with van der Waals surface area (Å²) in [6.07, 6.45) is 4.98. The number of benzene rings is 1. The number of hydrogen-bond donors (Lipinski definition) is 1. The normalized spacial score (nSPS) is 20.6. The quantitative estimate of drug-likeness (QED) is 0.840. The maximum Gasteiger partial charge on any atom is 0.161 e. The molecule has 0 aromatic heterocycles. The molecule has 0 atom stereocenters. The molecule has 0 aliphatic heterocycles. The minimum atomic E-state index is 0.211. The monoisotopic (exact) mass is 247 g/mol. The minimum Gasteiger partial charge on any atom is -0.493 e. The fourth-order valence-electron chi connectivity index (χ4n) is 2.37. The van der Waals surface area contributed by atoms with Crippen LogP contribution in [-0.2, 0) is 5.41 Å². The molecule has 2 N–H and O–H groups in total. The molecule has 0 unspecified atom stereocenters. The number of hydrogen-bond acceptors (Lipinski definition) is 3. The van der Waals surface area contributed by atoms with E-state index in [0.717, 1.165) is 30.6 Å². The van der Waals surface area contributed by atoms with Crippen LogP contribution in [0.3, 0.4) is 0 Å². The maximum absolute atomic E-state index is 5.86. The summed E-state index contributed by atoms with van der Waals surface area (Å²) in [6.45, 7) is 1.54. The molecule has 2 aliphatic rings. The van der Waals surface area contributed by atoms with Gasteiger partial charge in [0.25, 0.3) is 0 Å². The fraction of sp³-hybridized carbons (Fsp3) is 0.600. The van der Waals surface area contributed by atoms with Crippen LogP contribution in [0.2, 0.25) is 0 Å². The Morgan fingerprint density at radius 1 is 1.28 bits per heavy atom. The van der Waals surface area contributed by atoms with Crippen LogP contribution in [0.4, 0.5) is 0 Å². The van der Waals surface area contributed by atoms with Gasteiger partial charge in [-0.15, -0.1) is 0 Å². The van der Waals surface area contributed by atoms with Gasteiger partial charge in [-0.2, -0.15) is 0 Å². The SMILES string of the molecule is COc1cc(C2(CN)CC2)ccc1OCC1CC1. The topological polar surface area (TPSA) is 44.5 Å². The van der Waals surface area contributed by atoms with Crippen molar-refractivity contribution in [3.63, 3.8) is 0 Å². The van der Waals surface area contributed by atoms with Gasteiger partial charge < -0.3 is 15.2 Å². The molecule has 0 amide bonds. The molecule has 1 aromatic carbocycles. The van der Waals surface area contributed by atoms with Crippen LogP contribution < -0.4 is 15.2 Å². The van der Waals surface area contributed by atoms with E-state index < -0.39 is 0 Å². The summed E-state index contributed by atoms with van der Waals surface area (Å²) in [7, 11) is 1.70. The van der Waals surface area contributed by atoms with E-state index in [9.17, 15) is 0 Å². The second-order valence-corrected chi connectivity index (χ2v) is 5.60. The molecule has 0 spiro atoms. The van der Waals surface area contributed by atoms with Gasteiger partial charge in [-0.3, -0.25) is 0 Å². The second kappa shape index (κ2) is 4.47. The van der Waals surface area contributed by atoms with Crippen molar-refractivity contribution in [1.82, 2.24) is 0 Å². The van der Waals surface area contributed by atoms with Crippen molar-refractivity contribution < 1.29 is 9.47 Å². The van der Waals surface area contributed by atoms with Gasteiger partial charge >= 0.3 is 0 Å². The van der Waals surface area contributed by atoms with Crippen LogP contribution in [-0.4, -0.2) is 20.3 Å². The summed E-state index contributed by atoms with van der Waals surface area (Å²) >= 11 is 0. The Balaban J connectivity index is 1.78. The van der Waals surface area contributed by atoms with E-state index in [0.29, 0.717) is 0 Å². The highest BCUT2D eigenvalue weighted by molar-refractivity contribution is 5.47. The Labute approximate surface area is 108 Å². The fourth-order valence-corrected chi connectivity index (χ4v) is 2.37. The smallest absolute Gasteiger partial charge is 0.161 e. The molecule has 0 bridgehead atoms. The molecule has 0 saturated heterocycles. The predicted molar refractivity (Wildman–Crippen MR) is 71.2 cm³/mol. The van der Waals surface area contributed by atoms with Crippen molar-refractivity contribution in [3.05, 3.63) is 23.8 Å². The first-order valence-corrected chi connectivity index (χ1v) is 6.79. The van der Waals surface area contributed by atoms with Crippen LogP contribution in [0.15, 0.2) is 18.2 Å². The first-order valence-electron chi connectivity index (χ1n) is 6.79. The molecule has 0 heterocycles. The lowest BCUT2D eigenvalue weighted by atomic mass is 9.96. The summed E-state index contributed by atoms with van der Waals surface area (Å²) < 4.78 is 11.3. The molecule has 98 valence electrons. The molecule has 0 radical (unpaired) electrons. The summed E-state index contributed by atoms with van der Waals surface area (Å²) in [5, 5.41) is 0. The number of ether oxygens (including phenoxy) is 2. The van der Waals surface area contributed by atoms with Crippen LogP contribution in [0, 0.1) is 5.92 Å². The van der Waals surface area contributed by atoms with Crippen LogP contribution >= 0.6 is 0 Å². The first-order chi connectivity index (χ1) is 8.77. The average molecular weight is 247 g/mol. The van der Waals surface area contributed by atoms with E-state index in [4.69, 9.17) is 15.2 Å². The Bertz CT molecular complexity index is 436. The highest BCUT2D eigenvalue weighted by Gasteiger charge is 2.43. The zero-order valence-corrected chi connectivity index (χ0v) is 10.9. The summed E-state index contributed by atoms with van der Waals surface area (Å²) in [6, 6.07) is 6.28. The third-order valence-corrected chi connectivity index (χ3v) is 4.19. The molecule has 3 heteroatoms. The first kappa shape index (κ1) is 11.8. The molecule has 2 aliphatic carbocycles. The van der Waals surface area contributed by atoms with E-state index in [1.807, 2.05) is 6.07 Å². The number of methoxy groups -OCH3 is 1. The standard InChI is InChI=1S/C15H21NO2/c1-17-14-8-12(15(10-16)6-7-15)4-5-13(14)18-9-11-2-3-11/h4-5,8,11H,2-3,6-7,9-10,16H2,1H3. The zero-order valence-electron chi connectivity index (χ0n) is 10.9. The third kappa shape index (κ3) is 2.19. The van der Waals surface area contributed by atoms with Crippen LogP contribution in [0.25, 0.3) is 0 Å². The summed E-state index contributed by atoms with van der Waals surface area (Å²) in [5.74, 6) is 2.46. The number of nitrogens with two attached hydrogens (primary N) is 1. The Kier molecular flexibility index (Phi) is 2.94. The van der Waals surface area contributed by atoms with Crippen molar-refractivity contribution >= 4 is 0 Å². The van der Waals surface area contributed by atoms with Crippen molar-refractivity contribution in [1.29, 1.82) is 0 Å². The van der Waals surface area contributed by atoms with Gasteiger partial charge in [-0.25, -0.2) is 0 Å². The van der Waals surface area contributed by atoms with E-state index in [-0.39, 0.29) is 5.41 Å². The van der Waals surface area contributed by atoms with Crippen molar-refractivity contribution in [2.24, 2.45) is 11.7 Å². The van der Waals surface area contributed by atoms with Gasteiger partial charge in [0, 0.05) is 12.0 Å². The average Bonchev–Trinajstić information content (AvgIpc) is 3.30. The summed E-state index contributed by atoms with van der Waals surface area (Å²) in [5.41, 5.74) is 7.37.